The van der Waals surface area contributed by atoms with Gasteiger partial charge in [-0.2, -0.15) is 8.78 Å². The second-order valence-corrected chi connectivity index (χ2v) is 4.52. The molecule has 0 saturated heterocycles. The number of carboxylic acids is 1. The standard InChI is InChI=1S/C14H19F2NO3/c1-3-4-12(13(18)19)17-9(2)10-5-7-11(8-6-10)20-14(15)16/h5-9,12,14,17H,3-4H2,1-2H3,(H,18,19). The van der Waals surface area contributed by atoms with Crippen molar-refractivity contribution in [3.63, 3.8) is 0 Å². The number of aliphatic carboxylic acids is 1. The van der Waals surface area contributed by atoms with Crippen LogP contribution in [0.5, 0.6) is 5.75 Å². The highest BCUT2D eigenvalue weighted by atomic mass is 19.3. The van der Waals surface area contributed by atoms with Crippen LogP contribution in [-0.4, -0.2) is 23.7 Å². The molecule has 2 unspecified atom stereocenters. The Morgan fingerprint density at radius 2 is 1.95 bits per heavy atom. The third-order valence-corrected chi connectivity index (χ3v) is 2.93. The minimum absolute atomic E-state index is 0.0827. The zero-order valence-corrected chi connectivity index (χ0v) is 11.5. The maximum Gasteiger partial charge on any atom is 0.387 e. The number of nitrogens with one attached hydrogen (secondary N) is 1. The van der Waals surface area contributed by atoms with Crippen LogP contribution in [0.15, 0.2) is 24.3 Å². The second-order valence-electron chi connectivity index (χ2n) is 4.52. The second kappa shape index (κ2) is 7.79. The Bertz CT molecular complexity index is 423. The van der Waals surface area contributed by atoms with Gasteiger partial charge >= 0.3 is 12.6 Å². The van der Waals surface area contributed by atoms with E-state index >= 15 is 0 Å². The van der Waals surface area contributed by atoms with Crippen LogP contribution >= 0.6 is 0 Å². The lowest BCUT2D eigenvalue weighted by molar-refractivity contribution is -0.139. The SMILES string of the molecule is CCCC(NC(C)c1ccc(OC(F)F)cc1)C(=O)O. The van der Waals surface area contributed by atoms with E-state index in [0.717, 1.165) is 12.0 Å². The van der Waals surface area contributed by atoms with Crippen molar-refractivity contribution < 1.29 is 23.4 Å². The Morgan fingerprint density at radius 3 is 2.40 bits per heavy atom. The molecule has 0 aliphatic carbocycles. The summed E-state index contributed by atoms with van der Waals surface area (Å²) in [5.41, 5.74) is 0.814. The van der Waals surface area contributed by atoms with E-state index in [4.69, 9.17) is 5.11 Å². The fourth-order valence-electron chi connectivity index (χ4n) is 1.90. The van der Waals surface area contributed by atoms with Gasteiger partial charge in [0.05, 0.1) is 0 Å². The average molecular weight is 287 g/mol. The van der Waals surface area contributed by atoms with Crippen LogP contribution in [0.2, 0.25) is 0 Å². The summed E-state index contributed by atoms with van der Waals surface area (Å²) < 4.78 is 28.3. The molecule has 2 atom stereocenters. The lowest BCUT2D eigenvalue weighted by Gasteiger charge is -2.20. The van der Waals surface area contributed by atoms with Gasteiger partial charge in [0, 0.05) is 6.04 Å². The van der Waals surface area contributed by atoms with E-state index in [1.807, 2.05) is 13.8 Å². The number of rotatable bonds is 8. The number of carbonyl (C=O) groups is 1. The van der Waals surface area contributed by atoms with Gasteiger partial charge in [-0.25, -0.2) is 0 Å². The molecule has 0 saturated carbocycles. The summed E-state index contributed by atoms with van der Waals surface area (Å²) in [6.07, 6.45) is 1.30. The Hall–Kier alpha value is -1.69. The largest absolute Gasteiger partial charge is 0.480 e. The predicted molar refractivity (Wildman–Crippen MR) is 71.0 cm³/mol. The van der Waals surface area contributed by atoms with Crippen LogP contribution in [0, 0.1) is 0 Å². The number of benzene rings is 1. The molecule has 0 aliphatic heterocycles. The number of hydrogen-bond donors (Lipinski definition) is 2. The average Bonchev–Trinajstić information content (AvgIpc) is 2.38. The summed E-state index contributed by atoms with van der Waals surface area (Å²) in [6.45, 7) is 0.894. The molecule has 6 heteroatoms. The van der Waals surface area contributed by atoms with E-state index < -0.39 is 18.6 Å². The molecule has 4 nitrogen and oxygen atoms in total. The van der Waals surface area contributed by atoms with Crippen molar-refractivity contribution in [1.29, 1.82) is 0 Å². The number of halogens is 2. The van der Waals surface area contributed by atoms with Crippen LogP contribution in [-0.2, 0) is 4.79 Å². The molecule has 0 aliphatic rings. The topological polar surface area (TPSA) is 58.6 Å². The number of alkyl halides is 2. The normalized spacial score (nSPS) is 14.1. The van der Waals surface area contributed by atoms with Gasteiger partial charge in [-0.1, -0.05) is 25.5 Å². The van der Waals surface area contributed by atoms with Gasteiger partial charge in [0.2, 0.25) is 0 Å². The molecule has 0 bridgehead atoms. The van der Waals surface area contributed by atoms with Gasteiger partial charge in [-0.05, 0) is 31.0 Å². The fraction of sp³-hybridized carbons (Fsp3) is 0.500. The zero-order valence-electron chi connectivity index (χ0n) is 11.5. The minimum atomic E-state index is -2.85. The Balaban J connectivity index is 2.66. The van der Waals surface area contributed by atoms with E-state index in [1.165, 1.54) is 12.1 Å². The molecule has 1 rings (SSSR count). The lowest BCUT2D eigenvalue weighted by atomic mass is 10.1. The molecule has 0 fully saturated rings. The molecule has 112 valence electrons. The third-order valence-electron chi connectivity index (χ3n) is 2.93. The Kier molecular flexibility index (Phi) is 6.38. The van der Waals surface area contributed by atoms with Gasteiger partial charge < -0.3 is 9.84 Å². The summed E-state index contributed by atoms with van der Waals surface area (Å²) in [7, 11) is 0. The molecule has 0 amide bonds. The maximum absolute atomic E-state index is 12.0. The molecule has 0 spiro atoms. The van der Waals surface area contributed by atoms with E-state index in [9.17, 15) is 13.6 Å². The molecule has 2 N–H and O–H groups in total. The maximum atomic E-state index is 12.0. The van der Waals surface area contributed by atoms with Crippen LogP contribution in [0.25, 0.3) is 0 Å². The number of hydrogen-bond acceptors (Lipinski definition) is 3. The van der Waals surface area contributed by atoms with Crippen molar-refractivity contribution in [2.45, 2.75) is 45.4 Å². The van der Waals surface area contributed by atoms with Crippen molar-refractivity contribution in [1.82, 2.24) is 5.32 Å². The fourth-order valence-corrected chi connectivity index (χ4v) is 1.90. The number of ether oxygens (including phenoxy) is 1. The first-order chi connectivity index (χ1) is 9.43. The van der Waals surface area contributed by atoms with Crippen LogP contribution in [0.3, 0.4) is 0 Å². The van der Waals surface area contributed by atoms with Crippen molar-refractivity contribution in [3.8, 4) is 5.75 Å². The van der Waals surface area contributed by atoms with Gasteiger partial charge in [0.1, 0.15) is 11.8 Å². The summed E-state index contributed by atoms with van der Waals surface area (Å²) in [5, 5.41) is 12.1. The van der Waals surface area contributed by atoms with E-state index in [1.54, 1.807) is 12.1 Å². The van der Waals surface area contributed by atoms with E-state index in [2.05, 4.69) is 10.1 Å². The van der Waals surface area contributed by atoms with Gasteiger partial charge in [-0.15, -0.1) is 0 Å². The molecule has 0 radical (unpaired) electrons. The Labute approximate surface area is 116 Å². The molecule has 20 heavy (non-hydrogen) atoms. The van der Waals surface area contributed by atoms with Crippen molar-refractivity contribution in [3.05, 3.63) is 29.8 Å². The highest BCUT2D eigenvalue weighted by Gasteiger charge is 2.19. The first-order valence-electron chi connectivity index (χ1n) is 6.47. The highest BCUT2D eigenvalue weighted by Crippen LogP contribution is 2.20. The molecule has 0 aromatic heterocycles. The van der Waals surface area contributed by atoms with Crippen molar-refractivity contribution in [2.75, 3.05) is 0 Å². The smallest absolute Gasteiger partial charge is 0.387 e. The lowest BCUT2D eigenvalue weighted by Crippen LogP contribution is -2.38. The van der Waals surface area contributed by atoms with Gasteiger partial charge in [-0.3, -0.25) is 10.1 Å². The monoisotopic (exact) mass is 287 g/mol. The quantitative estimate of drug-likeness (QED) is 0.771. The summed E-state index contributed by atoms with van der Waals surface area (Å²) in [6, 6.07) is 5.35. The first kappa shape index (κ1) is 16.4. The summed E-state index contributed by atoms with van der Waals surface area (Å²) in [5.74, 6) is -0.810. The van der Waals surface area contributed by atoms with Crippen molar-refractivity contribution >= 4 is 5.97 Å². The van der Waals surface area contributed by atoms with E-state index in [0.29, 0.717) is 6.42 Å². The van der Waals surface area contributed by atoms with E-state index in [-0.39, 0.29) is 11.8 Å². The molecular formula is C14H19F2NO3. The van der Waals surface area contributed by atoms with Crippen LogP contribution in [0.4, 0.5) is 8.78 Å². The first-order valence-corrected chi connectivity index (χ1v) is 6.47. The van der Waals surface area contributed by atoms with Crippen LogP contribution < -0.4 is 10.1 Å². The zero-order chi connectivity index (χ0) is 15.1. The third kappa shape index (κ3) is 5.13. The Morgan fingerprint density at radius 1 is 1.35 bits per heavy atom. The molecule has 0 heterocycles. The molecular weight excluding hydrogens is 268 g/mol. The van der Waals surface area contributed by atoms with Crippen molar-refractivity contribution in [2.24, 2.45) is 0 Å². The summed E-state index contributed by atoms with van der Waals surface area (Å²) >= 11 is 0. The molecule has 1 aromatic rings. The molecule has 1 aromatic carbocycles. The van der Waals surface area contributed by atoms with Gasteiger partial charge in [0.25, 0.3) is 0 Å². The predicted octanol–water partition coefficient (Wildman–Crippen LogP) is 3.19. The van der Waals surface area contributed by atoms with Crippen LogP contribution in [0.1, 0.15) is 38.3 Å². The highest BCUT2D eigenvalue weighted by molar-refractivity contribution is 5.73. The van der Waals surface area contributed by atoms with Gasteiger partial charge in [0.15, 0.2) is 0 Å². The number of carboxylic acid groups (broad SMARTS) is 1. The minimum Gasteiger partial charge on any atom is -0.480 e. The summed E-state index contributed by atoms with van der Waals surface area (Å²) in [4.78, 5) is 11.1.